The molecule has 1 fully saturated rings. The Morgan fingerprint density at radius 3 is 2.42 bits per heavy atom. The summed E-state index contributed by atoms with van der Waals surface area (Å²) in [7, 11) is 1.60. The van der Waals surface area contributed by atoms with Gasteiger partial charge in [0.15, 0.2) is 4.32 Å². The fraction of sp³-hybridized carbons (Fsp3) is 0.154. The molecule has 0 radical (unpaired) electrons. The summed E-state index contributed by atoms with van der Waals surface area (Å²) in [6, 6.07) is 22.8. The molecule has 3 aromatic carbocycles. The maximum Gasteiger partial charge on any atom is 0.270 e. The minimum absolute atomic E-state index is 0.152. The third-order valence-electron chi connectivity index (χ3n) is 5.01. The number of carbonyl (C=O) groups excluding carboxylic acids is 1. The normalized spacial score (nSPS) is 14.6. The van der Waals surface area contributed by atoms with Crippen molar-refractivity contribution in [2.75, 3.05) is 25.2 Å². The van der Waals surface area contributed by atoms with Crippen LogP contribution < -0.4 is 19.1 Å². The third kappa shape index (κ3) is 5.38. The molecule has 1 aliphatic heterocycles. The highest BCUT2D eigenvalue weighted by molar-refractivity contribution is 8.27. The Balaban J connectivity index is 1.53. The molecule has 5 nitrogen and oxygen atoms in total. The first-order valence-electron chi connectivity index (χ1n) is 10.4. The number of thiocarbonyl (C=S) groups is 1. The third-order valence-corrected chi connectivity index (χ3v) is 6.31. The van der Waals surface area contributed by atoms with Crippen molar-refractivity contribution in [3.63, 3.8) is 0 Å². The lowest BCUT2D eigenvalue weighted by Gasteiger charge is -2.16. The molecule has 1 heterocycles. The Labute approximate surface area is 203 Å². The van der Waals surface area contributed by atoms with Crippen LogP contribution in [-0.4, -0.2) is 30.6 Å². The van der Waals surface area contributed by atoms with Crippen LogP contribution in [0, 0.1) is 6.92 Å². The number of benzene rings is 3. The Hall–Kier alpha value is -3.29. The number of carbonyl (C=O) groups is 1. The zero-order valence-electron chi connectivity index (χ0n) is 18.3. The molecule has 0 unspecified atom stereocenters. The maximum absolute atomic E-state index is 13.2. The van der Waals surface area contributed by atoms with Gasteiger partial charge in [-0.1, -0.05) is 60.4 Å². The minimum Gasteiger partial charge on any atom is -0.497 e. The van der Waals surface area contributed by atoms with E-state index < -0.39 is 0 Å². The van der Waals surface area contributed by atoms with Gasteiger partial charge in [0.25, 0.3) is 5.91 Å². The van der Waals surface area contributed by atoms with Gasteiger partial charge in [-0.15, -0.1) is 0 Å². The summed E-state index contributed by atoms with van der Waals surface area (Å²) in [6.07, 6.45) is 1.80. The maximum atomic E-state index is 13.2. The molecule has 1 aliphatic rings. The fourth-order valence-electron chi connectivity index (χ4n) is 3.36. The number of para-hydroxylation sites is 2. The first-order valence-corrected chi connectivity index (χ1v) is 11.6. The van der Waals surface area contributed by atoms with Crippen LogP contribution in [0.1, 0.15) is 11.1 Å². The zero-order chi connectivity index (χ0) is 23.2. The van der Waals surface area contributed by atoms with E-state index >= 15 is 0 Å². The molecule has 0 saturated carbocycles. The number of thioether (sulfide) groups is 1. The number of ether oxygens (including phenoxy) is 3. The van der Waals surface area contributed by atoms with E-state index in [-0.39, 0.29) is 5.91 Å². The number of hydrogen-bond acceptors (Lipinski definition) is 6. The molecule has 33 heavy (non-hydrogen) atoms. The molecule has 0 N–H and O–H groups in total. The lowest BCUT2D eigenvalue weighted by molar-refractivity contribution is -0.113. The topological polar surface area (TPSA) is 48.0 Å². The van der Waals surface area contributed by atoms with Crippen molar-refractivity contribution in [1.29, 1.82) is 0 Å². The van der Waals surface area contributed by atoms with Gasteiger partial charge < -0.3 is 14.2 Å². The molecule has 3 aromatic rings. The van der Waals surface area contributed by atoms with Crippen LogP contribution in [0.5, 0.6) is 17.2 Å². The molecule has 0 aromatic heterocycles. The van der Waals surface area contributed by atoms with E-state index in [0.717, 1.165) is 22.6 Å². The van der Waals surface area contributed by atoms with Crippen molar-refractivity contribution in [1.82, 2.24) is 0 Å². The summed E-state index contributed by atoms with van der Waals surface area (Å²) in [5.74, 6) is 1.94. The van der Waals surface area contributed by atoms with Gasteiger partial charge in [0.05, 0.1) is 17.7 Å². The number of hydrogen-bond donors (Lipinski definition) is 0. The smallest absolute Gasteiger partial charge is 0.270 e. The van der Waals surface area contributed by atoms with Gasteiger partial charge in [-0.2, -0.15) is 0 Å². The van der Waals surface area contributed by atoms with E-state index in [0.29, 0.717) is 33.9 Å². The van der Waals surface area contributed by atoms with Crippen LogP contribution in [0.4, 0.5) is 5.69 Å². The summed E-state index contributed by atoms with van der Waals surface area (Å²) in [4.78, 5) is 15.3. The predicted octanol–water partition coefficient (Wildman–Crippen LogP) is 5.87. The molecule has 0 bridgehead atoms. The fourth-order valence-corrected chi connectivity index (χ4v) is 4.63. The molecule has 7 heteroatoms. The van der Waals surface area contributed by atoms with Crippen LogP contribution in [0.2, 0.25) is 0 Å². The molecule has 0 aliphatic carbocycles. The van der Waals surface area contributed by atoms with Crippen molar-refractivity contribution in [2.45, 2.75) is 6.92 Å². The second-order valence-corrected chi connectivity index (χ2v) is 8.89. The van der Waals surface area contributed by atoms with E-state index in [1.54, 1.807) is 18.1 Å². The minimum atomic E-state index is -0.152. The summed E-state index contributed by atoms with van der Waals surface area (Å²) >= 11 is 6.80. The molecule has 168 valence electrons. The lowest BCUT2D eigenvalue weighted by atomic mass is 10.1. The molecular weight excluding hydrogens is 454 g/mol. The molecule has 1 saturated heterocycles. The molecule has 1 amide bonds. The van der Waals surface area contributed by atoms with Crippen LogP contribution in [0.15, 0.2) is 77.7 Å². The summed E-state index contributed by atoms with van der Waals surface area (Å²) in [6.45, 7) is 2.71. The van der Waals surface area contributed by atoms with E-state index in [1.165, 1.54) is 11.8 Å². The summed E-state index contributed by atoms with van der Waals surface area (Å²) in [5, 5.41) is 0. The lowest BCUT2D eigenvalue weighted by Crippen LogP contribution is -2.28. The highest BCUT2D eigenvalue weighted by atomic mass is 32.2. The standard InChI is InChI=1S/C26H23NO4S2/c1-18-8-6-7-11-22(18)27-25(28)24(33-26(27)32)17-19-16-21(29-2)12-13-23(19)31-15-14-30-20-9-4-3-5-10-20/h3-13,16-17H,14-15H2,1-2H3. The van der Waals surface area contributed by atoms with E-state index in [1.807, 2.05) is 79.7 Å². The predicted molar refractivity (Wildman–Crippen MR) is 137 cm³/mol. The van der Waals surface area contributed by atoms with Gasteiger partial charge in [-0.3, -0.25) is 9.69 Å². The van der Waals surface area contributed by atoms with Gasteiger partial charge in [0.2, 0.25) is 0 Å². The Morgan fingerprint density at radius 1 is 0.939 bits per heavy atom. The second-order valence-electron chi connectivity index (χ2n) is 7.22. The Kier molecular flexibility index (Phi) is 7.32. The Morgan fingerprint density at radius 2 is 1.67 bits per heavy atom. The molecular formula is C26H23NO4S2. The van der Waals surface area contributed by atoms with Crippen LogP contribution in [0.25, 0.3) is 6.08 Å². The average molecular weight is 478 g/mol. The van der Waals surface area contributed by atoms with E-state index in [4.69, 9.17) is 26.4 Å². The number of nitrogens with zero attached hydrogens (tertiary/aromatic N) is 1. The highest BCUT2D eigenvalue weighted by Crippen LogP contribution is 2.38. The number of methoxy groups -OCH3 is 1. The number of rotatable bonds is 8. The van der Waals surface area contributed by atoms with Crippen LogP contribution in [0.3, 0.4) is 0 Å². The van der Waals surface area contributed by atoms with Gasteiger partial charge in [0, 0.05) is 5.56 Å². The summed E-state index contributed by atoms with van der Waals surface area (Å²) in [5.41, 5.74) is 2.52. The quantitative estimate of drug-likeness (QED) is 0.230. The molecule has 0 spiro atoms. The van der Waals surface area contributed by atoms with Crippen molar-refractivity contribution in [3.05, 3.63) is 88.8 Å². The average Bonchev–Trinajstić information content (AvgIpc) is 3.11. The van der Waals surface area contributed by atoms with Crippen LogP contribution >= 0.6 is 24.0 Å². The number of anilines is 1. The van der Waals surface area contributed by atoms with Crippen molar-refractivity contribution >= 4 is 46.0 Å². The molecule has 4 rings (SSSR count). The highest BCUT2D eigenvalue weighted by Gasteiger charge is 2.34. The van der Waals surface area contributed by atoms with Gasteiger partial charge in [-0.25, -0.2) is 0 Å². The SMILES string of the molecule is COc1ccc(OCCOc2ccccc2)c(C=C2SC(=S)N(c3ccccc3C)C2=O)c1. The largest absolute Gasteiger partial charge is 0.497 e. The number of amides is 1. The monoisotopic (exact) mass is 477 g/mol. The summed E-state index contributed by atoms with van der Waals surface area (Å²) < 4.78 is 17.5. The van der Waals surface area contributed by atoms with E-state index in [9.17, 15) is 4.79 Å². The van der Waals surface area contributed by atoms with Gasteiger partial charge in [-0.05, 0) is 55.0 Å². The van der Waals surface area contributed by atoms with Gasteiger partial charge in [0.1, 0.15) is 30.5 Å². The van der Waals surface area contributed by atoms with Crippen LogP contribution in [-0.2, 0) is 4.79 Å². The first-order chi connectivity index (χ1) is 16.1. The first kappa shape index (κ1) is 22.9. The second kappa shape index (κ2) is 10.6. The molecule has 0 atom stereocenters. The van der Waals surface area contributed by atoms with Gasteiger partial charge >= 0.3 is 0 Å². The van der Waals surface area contributed by atoms with Crippen molar-refractivity contribution in [3.8, 4) is 17.2 Å². The van der Waals surface area contributed by atoms with Crippen molar-refractivity contribution < 1.29 is 19.0 Å². The zero-order valence-corrected chi connectivity index (χ0v) is 19.9. The van der Waals surface area contributed by atoms with E-state index in [2.05, 4.69) is 0 Å². The van der Waals surface area contributed by atoms with Crippen molar-refractivity contribution in [2.24, 2.45) is 0 Å². The number of aryl methyl sites for hydroxylation is 1. The Bertz CT molecular complexity index is 1190.